The summed E-state index contributed by atoms with van der Waals surface area (Å²) in [6.07, 6.45) is 0.527. The molecule has 1 heterocycles. The summed E-state index contributed by atoms with van der Waals surface area (Å²) < 4.78 is 33.7. The molecular weight excluding hydrogens is 292 g/mol. The number of esters is 1. The van der Waals surface area contributed by atoms with Crippen LogP contribution < -0.4 is 5.43 Å². The Morgan fingerprint density at radius 2 is 2.14 bits per heavy atom. The van der Waals surface area contributed by atoms with E-state index in [4.69, 9.17) is 4.74 Å². The second kappa shape index (κ2) is 5.19. The van der Waals surface area contributed by atoms with Gasteiger partial charge in [-0.3, -0.25) is 4.79 Å². The normalized spacial score (nSPS) is 20.2. The van der Waals surface area contributed by atoms with Crippen LogP contribution in [0.4, 0.5) is 8.78 Å². The third kappa shape index (κ3) is 2.19. The molecule has 116 valence electrons. The van der Waals surface area contributed by atoms with Crippen molar-refractivity contribution < 1.29 is 18.3 Å². The average molecular weight is 307 g/mol. The van der Waals surface area contributed by atoms with E-state index in [0.29, 0.717) is 5.52 Å². The lowest BCUT2D eigenvalue weighted by Crippen LogP contribution is -2.21. The van der Waals surface area contributed by atoms with Crippen molar-refractivity contribution in [3.8, 4) is 0 Å². The third-order valence-electron chi connectivity index (χ3n) is 3.91. The van der Waals surface area contributed by atoms with Gasteiger partial charge in [-0.2, -0.15) is 0 Å². The summed E-state index contributed by atoms with van der Waals surface area (Å²) in [5, 5.41) is 0.198. The van der Waals surface area contributed by atoms with Crippen molar-refractivity contribution in [3.63, 3.8) is 0 Å². The molecular formula is C16H15F2NO3. The van der Waals surface area contributed by atoms with Crippen molar-refractivity contribution in [1.82, 2.24) is 4.57 Å². The van der Waals surface area contributed by atoms with E-state index >= 15 is 0 Å². The van der Waals surface area contributed by atoms with E-state index in [1.54, 1.807) is 6.92 Å². The van der Waals surface area contributed by atoms with E-state index in [0.717, 1.165) is 0 Å². The molecule has 1 aliphatic carbocycles. The van der Waals surface area contributed by atoms with Crippen LogP contribution in [0.2, 0.25) is 0 Å². The van der Waals surface area contributed by atoms with Crippen molar-refractivity contribution in [1.29, 1.82) is 0 Å². The smallest absolute Gasteiger partial charge is 0.343 e. The fourth-order valence-electron chi connectivity index (χ4n) is 2.65. The number of hydrogen-bond acceptors (Lipinski definition) is 3. The maximum Gasteiger partial charge on any atom is 0.343 e. The first-order valence-corrected chi connectivity index (χ1v) is 7.10. The number of halogens is 2. The first kappa shape index (κ1) is 14.7. The van der Waals surface area contributed by atoms with E-state index in [1.807, 2.05) is 0 Å². The zero-order valence-electron chi connectivity index (χ0n) is 12.2. The van der Waals surface area contributed by atoms with Gasteiger partial charge >= 0.3 is 5.97 Å². The molecule has 1 aromatic heterocycles. The molecule has 0 bridgehead atoms. The molecule has 0 amide bonds. The Bertz CT molecular complexity index is 828. The number of ether oxygens (including phenoxy) is 1. The number of benzene rings is 1. The molecule has 4 nitrogen and oxygen atoms in total. The molecule has 0 saturated heterocycles. The number of carbonyl (C=O) groups excluding carboxylic acids is 1. The molecule has 6 heteroatoms. The Hall–Kier alpha value is -2.24. The van der Waals surface area contributed by atoms with Crippen LogP contribution in [0.25, 0.3) is 10.9 Å². The molecule has 22 heavy (non-hydrogen) atoms. The highest BCUT2D eigenvalue weighted by molar-refractivity contribution is 5.94. The number of rotatable bonds is 3. The number of fused-ring (bicyclic) bond motifs is 1. The number of aryl methyl sites for hydroxylation is 1. The Morgan fingerprint density at radius 3 is 2.73 bits per heavy atom. The van der Waals surface area contributed by atoms with Crippen molar-refractivity contribution in [2.75, 3.05) is 6.61 Å². The molecule has 0 spiro atoms. The number of aromatic nitrogens is 1. The number of hydrogen-bond donors (Lipinski definition) is 0. The molecule has 2 atom stereocenters. The van der Waals surface area contributed by atoms with Gasteiger partial charge in [0.25, 0.3) is 0 Å². The second-order valence-electron chi connectivity index (χ2n) is 5.39. The Kier molecular flexibility index (Phi) is 3.47. The number of nitrogens with zero attached hydrogens (tertiary/aromatic N) is 1. The summed E-state index contributed by atoms with van der Waals surface area (Å²) in [7, 11) is 0. The molecule has 2 unspecified atom stereocenters. The Labute approximate surface area is 125 Å². The lowest BCUT2D eigenvalue weighted by atomic mass is 10.1. The van der Waals surface area contributed by atoms with Crippen LogP contribution in [-0.4, -0.2) is 23.3 Å². The lowest BCUT2D eigenvalue weighted by molar-refractivity contribution is 0.0524. The van der Waals surface area contributed by atoms with Gasteiger partial charge in [0.15, 0.2) is 0 Å². The van der Waals surface area contributed by atoms with Gasteiger partial charge in [-0.15, -0.1) is 0 Å². The fraction of sp³-hybridized carbons (Fsp3) is 0.375. The van der Waals surface area contributed by atoms with Crippen molar-refractivity contribution in [2.24, 2.45) is 0 Å². The van der Waals surface area contributed by atoms with Crippen LogP contribution in [0, 0.1) is 12.7 Å². The Morgan fingerprint density at radius 1 is 1.45 bits per heavy atom. The Balaban J connectivity index is 2.33. The highest BCUT2D eigenvalue weighted by atomic mass is 19.1. The van der Waals surface area contributed by atoms with Gasteiger partial charge < -0.3 is 9.30 Å². The summed E-state index contributed by atoms with van der Waals surface area (Å²) in [5.41, 5.74) is -0.0735. The molecule has 2 aromatic rings. The molecule has 1 fully saturated rings. The zero-order chi connectivity index (χ0) is 16.0. The minimum absolute atomic E-state index is 0.133. The molecule has 0 N–H and O–H groups in total. The van der Waals surface area contributed by atoms with Crippen molar-refractivity contribution in [2.45, 2.75) is 32.5 Å². The van der Waals surface area contributed by atoms with Crippen LogP contribution in [0.3, 0.4) is 0 Å². The predicted molar refractivity (Wildman–Crippen MR) is 77.4 cm³/mol. The quantitative estimate of drug-likeness (QED) is 0.819. The maximum absolute atomic E-state index is 13.8. The molecule has 1 aliphatic rings. The van der Waals surface area contributed by atoms with Crippen LogP contribution in [0.5, 0.6) is 0 Å². The van der Waals surface area contributed by atoms with Gasteiger partial charge in [0, 0.05) is 23.6 Å². The lowest BCUT2D eigenvalue weighted by Gasteiger charge is -2.14. The average Bonchev–Trinajstić information content (AvgIpc) is 3.20. The predicted octanol–water partition coefficient (Wildman–Crippen LogP) is 2.91. The summed E-state index contributed by atoms with van der Waals surface area (Å²) in [5.74, 6) is -1.22. The third-order valence-corrected chi connectivity index (χ3v) is 3.91. The van der Waals surface area contributed by atoms with Gasteiger partial charge in [0.2, 0.25) is 5.43 Å². The van der Waals surface area contributed by atoms with Gasteiger partial charge in [-0.05, 0) is 26.0 Å². The SMILES string of the molecule is CCOC(=O)c1cn(C2CC2F)c2c(C)c(F)ccc2c1=O. The minimum atomic E-state index is -1.05. The van der Waals surface area contributed by atoms with Gasteiger partial charge in [0.05, 0.1) is 18.2 Å². The zero-order valence-corrected chi connectivity index (χ0v) is 12.2. The first-order chi connectivity index (χ1) is 10.5. The minimum Gasteiger partial charge on any atom is -0.462 e. The van der Waals surface area contributed by atoms with Gasteiger partial charge in [0.1, 0.15) is 17.6 Å². The summed E-state index contributed by atoms with van der Waals surface area (Å²) in [6, 6.07) is 2.03. The molecule has 1 aromatic carbocycles. The maximum atomic E-state index is 13.8. The first-order valence-electron chi connectivity index (χ1n) is 7.10. The highest BCUT2D eigenvalue weighted by Gasteiger charge is 2.40. The number of pyridine rings is 1. The monoisotopic (exact) mass is 307 g/mol. The fourth-order valence-corrected chi connectivity index (χ4v) is 2.65. The van der Waals surface area contributed by atoms with Gasteiger partial charge in [-0.25, -0.2) is 13.6 Å². The highest BCUT2D eigenvalue weighted by Crippen LogP contribution is 2.41. The molecule has 0 aliphatic heterocycles. The van der Waals surface area contributed by atoms with Crippen LogP contribution in [-0.2, 0) is 4.74 Å². The van der Waals surface area contributed by atoms with E-state index in [2.05, 4.69) is 0 Å². The van der Waals surface area contributed by atoms with Crippen LogP contribution in [0.15, 0.2) is 23.1 Å². The largest absolute Gasteiger partial charge is 0.462 e. The van der Waals surface area contributed by atoms with E-state index in [-0.39, 0.29) is 29.5 Å². The number of carbonyl (C=O) groups is 1. The second-order valence-corrected chi connectivity index (χ2v) is 5.39. The molecule has 3 rings (SSSR count). The van der Waals surface area contributed by atoms with E-state index in [9.17, 15) is 18.4 Å². The van der Waals surface area contributed by atoms with E-state index in [1.165, 1.54) is 29.8 Å². The topological polar surface area (TPSA) is 48.3 Å². The summed E-state index contributed by atoms with van der Waals surface area (Å²) in [4.78, 5) is 24.4. The van der Waals surface area contributed by atoms with Crippen molar-refractivity contribution >= 4 is 16.9 Å². The van der Waals surface area contributed by atoms with Crippen molar-refractivity contribution in [3.05, 3.63) is 45.5 Å². The van der Waals surface area contributed by atoms with E-state index < -0.39 is 29.4 Å². The van der Waals surface area contributed by atoms with Crippen LogP contribution in [0.1, 0.15) is 35.3 Å². The standard InChI is InChI=1S/C16H15F2NO3/c1-3-22-16(21)10-7-19(13-6-12(13)18)14-8(2)11(17)5-4-9(14)15(10)20/h4-5,7,12-13H,3,6H2,1-2H3. The number of alkyl halides is 1. The summed E-state index contributed by atoms with van der Waals surface area (Å²) >= 11 is 0. The van der Waals surface area contributed by atoms with Crippen LogP contribution >= 0.6 is 0 Å². The summed E-state index contributed by atoms with van der Waals surface area (Å²) in [6.45, 7) is 3.30. The van der Waals surface area contributed by atoms with Gasteiger partial charge in [-0.1, -0.05) is 0 Å². The molecule has 0 radical (unpaired) electrons. The molecule has 1 saturated carbocycles.